The standard InChI is InChI=1S/C13H20N6O2S/c1-8-14-12(21-16-8)10-5-9(20-4)6-19(10)7-11-15-13(18(2)3)22-17-11/h9-10H,5-7H2,1-4H3/t9-,10-/m1/s1. The number of anilines is 1. The first-order valence-electron chi connectivity index (χ1n) is 7.13. The van der Waals surface area contributed by atoms with Gasteiger partial charge in [0.25, 0.3) is 0 Å². The van der Waals surface area contributed by atoms with Gasteiger partial charge < -0.3 is 14.2 Å². The highest BCUT2D eigenvalue weighted by molar-refractivity contribution is 7.09. The van der Waals surface area contributed by atoms with Crippen LogP contribution < -0.4 is 4.90 Å². The van der Waals surface area contributed by atoms with Crippen molar-refractivity contribution >= 4 is 16.7 Å². The summed E-state index contributed by atoms with van der Waals surface area (Å²) in [6, 6.07) is 0.0532. The lowest BCUT2D eigenvalue weighted by atomic mass is 10.2. The highest BCUT2D eigenvalue weighted by Gasteiger charge is 2.37. The predicted octanol–water partition coefficient (Wildman–Crippen LogP) is 1.26. The SMILES string of the molecule is CO[C@@H]1C[C@H](c2nc(C)no2)N(Cc2nsc(N(C)C)n2)C1. The lowest BCUT2D eigenvalue weighted by molar-refractivity contribution is 0.107. The molecule has 2 aromatic heterocycles. The molecule has 1 aliphatic rings. The number of ether oxygens (including phenoxy) is 1. The van der Waals surface area contributed by atoms with Gasteiger partial charge in [-0.2, -0.15) is 9.36 Å². The van der Waals surface area contributed by atoms with Crippen molar-refractivity contribution in [3.8, 4) is 0 Å². The zero-order chi connectivity index (χ0) is 15.7. The summed E-state index contributed by atoms with van der Waals surface area (Å²) in [7, 11) is 5.66. The monoisotopic (exact) mass is 324 g/mol. The van der Waals surface area contributed by atoms with Crippen LogP contribution in [0.3, 0.4) is 0 Å². The molecule has 0 saturated carbocycles. The minimum absolute atomic E-state index is 0.0532. The topological polar surface area (TPSA) is 80.4 Å². The van der Waals surface area contributed by atoms with Gasteiger partial charge in [-0.1, -0.05) is 5.16 Å². The summed E-state index contributed by atoms with van der Waals surface area (Å²) in [4.78, 5) is 13.1. The van der Waals surface area contributed by atoms with Gasteiger partial charge in [0.15, 0.2) is 11.6 Å². The Morgan fingerprint density at radius 3 is 2.82 bits per heavy atom. The number of aryl methyl sites for hydroxylation is 1. The van der Waals surface area contributed by atoms with E-state index in [-0.39, 0.29) is 12.1 Å². The summed E-state index contributed by atoms with van der Waals surface area (Å²) in [5, 5.41) is 4.80. The van der Waals surface area contributed by atoms with Crippen molar-refractivity contribution < 1.29 is 9.26 Å². The van der Waals surface area contributed by atoms with Crippen LogP contribution in [-0.4, -0.2) is 58.3 Å². The molecule has 1 saturated heterocycles. The molecule has 0 aromatic carbocycles. The van der Waals surface area contributed by atoms with Gasteiger partial charge in [-0.15, -0.1) is 0 Å². The van der Waals surface area contributed by atoms with Crippen molar-refractivity contribution in [2.75, 3.05) is 32.6 Å². The Labute approximate surface area is 133 Å². The molecule has 3 rings (SSSR count). The third kappa shape index (κ3) is 3.11. The summed E-state index contributed by atoms with van der Waals surface area (Å²) in [6.45, 7) is 3.28. The Kier molecular flexibility index (Phi) is 4.37. The van der Waals surface area contributed by atoms with Crippen LogP contribution in [0.1, 0.15) is 30.0 Å². The average molecular weight is 324 g/mol. The van der Waals surface area contributed by atoms with E-state index in [0.29, 0.717) is 18.3 Å². The molecule has 22 heavy (non-hydrogen) atoms. The largest absolute Gasteiger partial charge is 0.380 e. The fourth-order valence-corrected chi connectivity index (χ4v) is 3.18. The van der Waals surface area contributed by atoms with Crippen LogP contribution in [0.2, 0.25) is 0 Å². The van der Waals surface area contributed by atoms with Gasteiger partial charge in [-0.25, -0.2) is 4.98 Å². The Morgan fingerprint density at radius 2 is 2.23 bits per heavy atom. The molecule has 1 aliphatic heterocycles. The van der Waals surface area contributed by atoms with Gasteiger partial charge >= 0.3 is 0 Å². The lowest BCUT2D eigenvalue weighted by Gasteiger charge is -2.19. The summed E-state index contributed by atoms with van der Waals surface area (Å²) >= 11 is 1.40. The number of methoxy groups -OCH3 is 1. The molecule has 0 unspecified atom stereocenters. The van der Waals surface area contributed by atoms with Crippen LogP contribution in [-0.2, 0) is 11.3 Å². The van der Waals surface area contributed by atoms with E-state index in [4.69, 9.17) is 9.26 Å². The van der Waals surface area contributed by atoms with Crippen molar-refractivity contribution in [1.29, 1.82) is 0 Å². The first-order chi connectivity index (χ1) is 10.6. The number of rotatable bonds is 5. The smallest absolute Gasteiger partial charge is 0.244 e. The zero-order valence-corrected chi connectivity index (χ0v) is 14.0. The van der Waals surface area contributed by atoms with Crippen molar-refractivity contribution in [3.05, 3.63) is 17.5 Å². The van der Waals surface area contributed by atoms with E-state index in [9.17, 15) is 0 Å². The normalized spacial score (nSPS) is 22.4. The van der Waals surface area contributed by atoms with Crippen LogP contribution in [0, 0.1) is 6.92 Å². The van der Waals surface area contributed by atoms with Gasteiger partial charge in [-0.3, -0.25) is 4.90 Å². The molecule has 0 bridgehead atoms. The van der Waals surface area contributed by atoms with Crippen molar-refractivity contribution in [3.63, 3.8) is 0 Å². The summed E-state index contributed by atoms with van der Waals surface area (Å²) in [5.41, 5.74) is 0. The predicted molar refractivity (Wildman–Crippen MR) is 81.8 cm³/mol. The number of nitrogens with zero attached hydrogens (tertiary/aromatic N) is 6. The van der Waals surface area contributed by atoms with Crippen LogP contribution in [0.15, 0.2) is 4.52 Å². The molecular formula is C13H20N6O2S. The van der Waals surface area contributed by atoms with Crippen molar-refractivity contribution in [2.24, 2.45) is 0 Å². The van der Waals surface area contributed by atoms with E-state index >= 15 is 0 Å². The summed E-state index contributed by atoms with van der Waals surface area (Å²) in [5.74, 6) is 2.10. The Morgan fingerprint density at radius 1 is 1.41 bits per heavy atom. The number of aromatic nitrogens is 4. The third-order valence-corrected chi connectivity index (χ3v) is 4.63. The third-order valence-electron chi connectivity index (χ3n) is 3.71. The molecular weight excluding hydrogens is 304 g/mol. The van der Waals surface area contributed by atoms with E-state index in [1.807, 2.05) is 25.9 Å². The van der Waals surface area contributed by atoms with E-state index in [2.05, 4.69) is 24.4 Å². The molecule has 2 aromatic rings. The van der Waals surface area contributed by atoms with Gasteiger partial charge in [0.1, 0.15) is 0 Å². The fraction of sp³-hybridized carbons (Fsp3) is 0.692. The first kappa shape index (κ1) is 15.3. The fourth-order valence-electron chi connectivity index (χ4n) is 2.58. The average Bonchev–Trinajstić information content (AvgIpc) is 3.18. The van der Waals surface area contributed by atoms with E-state index in [0.717, 1.165) is 23.9 Å². The molecule has 0 N–H and O–H groups in total. The molecule has 8 nitrogen and oxygen atoms in total. The van der Waals surface area contributed by atoms with Crippen molar-refractivity contribution in [2.45, 2.75) is 32.0 Å². The maximum atomic E-state index is 5.50. The van der Waals surface area contributed by atoms with Gasteiger partial charge in [0.2, 0.25) is 11.0 Å². The van der Waals surface area contributed by atoms with Crippen LogP contribution in [0.4, 0.5) is 5.13 Å². The van der Waals surface area contributed by atoms with Crippen LogP contribution >= 0.6 is 11.5 Å². The first-order valence-corrected chi connectivity index (χ1v) is 7.91. The molecule has 120 valence electrons. The second kappa shape index (κ2) is 6.27. The Hall–Kier alpha value is -1.58. The quantitative estimate of drug-likeness (QED) is 0.813. The van der Waals surface area contributed by atoms with Crippen LogP contribution in [0.25, 0.3) is 0 Å². The van der Waals surface area contributed by atoms with Crippen molar-refractivity contribution in [1.82, 2.24) is 24.4 Å². The maximum absolute atomic E-state index is 5.50. The number of likely N-dealkylation sites (tertiary alicyclic amines) is 1. The Balaban J connectivity index is 1.76. The lowest BCUT2D eigenvalue weighted by Crippen LogP contribution is -2.25. The molecule has 9 heteroatoms. The summed E-state index contributed by atoms with van der Waals surface area (Å²) in [6.07, 6.45) is 0.993. The highest BCUT2D eigenvalue weighted by Crippen LogP contribution is 2.33. The van der Waals surface area contributed by atoms with Gasteiger partial charge in [-0.05, 0) is 13.3 Å². The molecule has 2 atom stereocenters. The highest BCUT2D eigenvalue weighted by atomic mass is 32.1. The molecule has 0 spiro atoms. The van der Waals surface area contributed by atoms with E-state index in [1.54, 1.807) is 7.11 Å². The molecule has 0 radical (unpaired) electrons. The second-order valence-corrected chi connectivity index (χ2v) is 6.34. The molecule has 3 heterocycles. The Bertz CT molecular complexity index is 628. The molecule has 0 amide bonds. The van der Waals surface area contributed by atoms with Crippen LogP contribution in [0.5, 0.6) is 0 Å². The number of hydrogen-bond acceptors (Lipinski definition) is 9. The van der Waals surface area contributed by atoms with E-state index in [1.165, 1.54) is 11.5 Å². The minimum Gasteiger partial charge on any atom is -0.380 e. The zero-order valence-electron chi connectivity index (χ0n) is 13.2. The second-order valence-electron chi connectivity index (χ2n) is 5.61. The molecule has 1 fully saturated rings. The van der Waals surface area contributed by atoms with Gasteiger partial charge in [0.05, 0.1) is 18.7 Å². The molecule has 0 aliphatic carbocycles. The number of hydrogen-bond donors (Lipinski definition) is 0. The van der Waals surface area contributed by atoms with Gasteiger partial charge in [0, 0.05) is 39.3 Å². The maximum Gasteiger partial charge on any atom is 0.244 e. The minimum atomic E-state index is 0.0532. The summed E-state index contributed by atoms with van der Waals surface area (Å²) < 4.78 is 15.3. The van der Waals surface area contributed by atoms with E-state index < -0.39 is 0 Å².